The number of amides is 1. The fraction of sp³-hybridized carbons (Fsp3) is 0.615. The highest BCUT2D eigenvalue weighted by Crippen LogP contribution is 2.28. The van der Waals surface area contributed by atoms with Gasteiger partial charge in [0.1, 0.15) is 0 Å². The topological polar surface area (TPSA) is 80.9 Å². The van der Waals surface area contributed by atoms with Crippen LogP contribution in [0.15, 0.2) is 12.4 Å². The lowest BCUT2D eigenvalue weighted by atomic mass is 9.95. The van der Waals surface area contributed by atoms with Gasteiger partial charge >= 0.3 is 0 Å². The van der Waals surface area contributed by atoms with Gasteiger partial charge in [-0.25, -0.2) is 9.97 Å². The average molecular weight is 280 g/mol. The molecule has 1 aliphatic carbocycles. The normalized spacial score (nSPS) is 23.0. The van der Waals surface area contributed by atoms with Crippen molar-refractivity contribution in [2.45, 2.75) is 43.9 Å². The van der Waals surface area contributed by atoms with Crippen molar-refractivity contribution in [3.63, 3.8) is 0 Å². The van der Waals surface area contributed by atoms with Crippen molar-refractivity contribution in [3.05, 3.63) is 18.1 Å². The summed E-state index contributed by atoms with van der Waals surface area (Å²) in [5.41, 5.74) is 5.89. The highest BCUT2D eigenvalue weighted by molar-refractivity contribution is 7.99. The summed E-state index contributed by atoms with van der Waals surface area (Å²) in [5, 5.41) is 3.69. The molecule has 0 aliphatic heterocycles. The summed E-state index contributed by atoms with van der Waals surface area (Å²) in [7, 11) is 0. The predicted molar refractivity (Wildman–Crippen MR) is 78.1 cm³/mol. The smallest absolute Gasteiger partial charge is 0.273 e. The van der Waals surface area contributed by atoms with Crippen LogP contribution in [0.5, 0.6) is 0 Å². The van der Waals surface area contributed by atoms with Gasteiger partial charge in [-0.2, -0.15) is 11.8 Å². The van der Waals surface area contributed by atoms with Crippen LogP contribution < -0.4 is 11.1 Å². The molecule has 0 saturated heterocycles. The van der Waals surface area contributed by atoms with Crippen molar-refractivity contribution >= 4 is 23.5 Å². The molecule has 0 aromatic carbocycles. The molecule has 5 nitrogen and oxygen atoms in total. The maximum atomic E-state index is 12.1. The zero-order valence-electron chi connectivity index (χ0n) is 11.1. The van der Waals surface area contributed by atoms with Crippen LogP contribution in [0.25, 0.3) is 0 Å². The molecule has 6 heteroatoms. The van der Waals surface area contributed by atoms with Crippen molar-refractivity contribution in [3.8, 4) is 0 Å². The molecule has 3 N–H and O–H groups in total. The number of nitrogens with two attached hydrogens (primary N) is 1. The molecule has 1 aliphatic rings. The summed E-state index contributed by atoms with van der Waals surface area (Å²) in [5.74, 6) is 1.11. The van der Waals surface area contributed by atoms with E-state index < -0.39 is 0 Å². The number of rotatable bonds is 4. The van der Waals surface area contributed by atoms with Crippen molar-refractivity contribution in [2.75, 3.05) is 11.5 Å². The molecule has 1 fully saturated rings. The minimum Gasteiger partial charge on any atom is -0.382 e. The average Bonchev–Trinajstić information content (AvgIpc) is 2.40. The summed E-state index contributed by atoms with van der Waals surface area (Å²) in [6, 6.07) is 0.228. The van der Waals surface area contributed by atoms with Crippen LogP contribution in [0.3, 0.4) is 0 Å². The lowest BCUT2D eigenvalue weighted by molar-refractivity contribution is 0.0924. The number of carbonyl (C=O) groups is 1. The second kappa shape index (κ2) is 6.75. The van der Waals surface area contributed by atoms with E-state index in [4.69, 9.17) is 5.73 Å². The monoisotopic (exact) mass is 280 g/mol. The second-order valence-electron chi connectivity index (χ2n) is 4.70. The van der Waals surface area contributed by atoms with Gasteiger partial charge in [0.15, 0.2) is 11.5 Å². The second-order valence-corrected chi connectivity index (χ2v) is 6.28. The van der Waals surface area contributed by atoms with E-state index in [-0.39, 0.29) is 23.5 Å². The third kappa shape index (κ3) is 3.83. The standard InChI is InChI=1S/C13H20N4OS/c1-2-19-10-5-3-4-9(8-10)17-13(18)11-12(14)16-7-6-15-11/h6-7,9-10H,2-5,8H2,1H3,(H2,14,16)(H,17,18). The fourth-order valence-corrected chi connectivity index (χ4v) is 3.61. The highest BCUT2D eigenvalue weighted by atomic mass is 32.2. The molecule has 104 valence electrons. The Morgan fingerprint density at radius 2 is 2.26 bits per heavy atom. The SMILES string of the molecule is CCSC1CCCC(NC(=O)c2nccnc2N)C1. The molecule has 1 saturated carbocycles. The Hall–Kier alpha value is -1.30. The largest absolute Gasteiger partial charge is 0.382 e. The molecular weight excluding hydrogens is 260 g/mol. The Morgan fingerprint density at radius 1 is 1.47 bits per heavy atom. The van der Waals surface area contributed by atoms with Gasteiger partial charge in [0.05, 0.1) is 0 Å². The first-order chi connectivity index (χ1) is 9.20. The molecule has 2 unspecified atom stereocenters. The van der Waals surface area contributed by atoms with E-state index in [9.17, 15) is 4.79 Å². The van der Waals surface area contributed by atoms with Crippen molar-refractivity contribution in [1.82, 2.24) is 15.3 Å². The predicted octanol–water partition coefficient (Wildman–Crippen LogP) is 1.85. The number of aromatic nitrogens is 2. The van der Waals surface area contributed by atoms with Gasteiger partial charge in [0, 0.05) is 23.7 Å². The molecule has 0 spiro atoms. The van der Waals surface area contributed by atoms with Gasteiger partial charge in [-0.3, -0.25) is 4.79 Å². The van der Waals surface area contributed by atoms with E-state index >= 15 is 0 Å². The van der Waals surface area contributed by atoms with E-state index in [2.05, 4.69) is 22.2 Å². The van der Waals surface area contributed by atoms with Crippen LogP contribution in [0, 0.1) is 0 Å². The molecule has 0 bridgehead atoms. The Bertz CT molecular complexity index is 438. The zero-order valence-corrected chi connectivity index (χ0v) is 11.9. The van der Waals surface area contributed by atoms with Gasteiger partial charge in [-0.15, -0.1) is 0 Å². The molecule has 0 radical (unpaired) electrons. The third-order valence-corrected chi connectivity index (χ3v) is 4.54. The van der Waals surface area contributed by atoms with Crippen LogP contribution in [0.1, 0.15) is 43.1 Å². The first-order valence-electron chi connectivity index (χ1n) is 6.69. The Morgan fingerprint density at radius 3 is 3.00 bits per heavy atom. The first kappa shape index (κ1) is 14.1. The number of nitrogen functional groups attached to an aromatic ring is 1. The minimum atomic E-state index is -0.210. The number of nitrogens with one attached hydrogen (secondary N) is 1. The number of thioether (sulfide) groups is 1. The van der Waals surface area contributed by atoms with E-state index in [1.165, 1.54) is 25.2 Å². The first-order valence-corrected chi connectivity index (χ1v) is 7.74. The van der Waals surface area contributed by atoms with Crippen LogP contribution in [0.4, 0.5) is 5.82 Å². The van der Waals surface area contributed by atoms with Crippen molar-refractivity contribution in [2.24, 2.45) is 0 Å². The highest BCUT2D eigenvalue weighted by Gasteiger charge is 2.24. The molecule has 1 amide bonds. The van der Waals surface area contributed by atoms with Gasteiger partial charge in [-0.05, 0) is 25.0 Å². The number of anilines is 1. The summed E-state index contributed by atoms with van der Waals surface area (Å²) in [6.07, 6.45) is 7.45. The number of hydrogen-bond donors (Lipinski definition) is 2. The molecule has 1 heterocycles. The van der Waals surface area contributed by atoms with Crippen LogP contribution >= 0.6 is 11.8 Å². The molecule has 2 rings (SSSR count). The Labute approximate surface area is 117 Å². The van der Waals surface area contributed by atoms with Crippen LogP contribution in [-0.4, -0.2) is 32.9 Å². The lowest BCUT2D eigenvalue weighted by Crippen LogP contribution is -2.39. The van der Waals surface area contributed by atoms with Gasteiger partial charge in [0.25, 0.3) is 5.91 Å². The maximum Gasteiger partial charge on any atom is 0.273 e. The number of nitrogens with zero attached hydrogens (tertiary/aromatic N) is 2. The molecule has 19 heavy (non-hydrogen) atoms. The summed E-state index contributed by atoms with van der Waals surface area (Å²) < 4.78 is 0. The summed E-state index contributed by atoms with van der Waals surface area (Å²) in [6.45, 7) is 2.17. The quantitative estimate of drug-likeness (QED) is 0.879. The fourth-order valence-electron chi connectivity index (χ4n) is 2.44. The van der Waals surface area contributed by atoms with Gasteiger partial charge in [-0.1, -0.05) is 13.3 Å². The van der Waals surface area contributed by atoms with Crippen molar-refractivity contribution < 1.29 is 4.79 Å². The lowest BCUT2D eigenvalue weighted by Gasteiger charge is -2.29. The summed E-state index contributed by atoms with van der Waals surface area (Å²) >= 11 is 1.98. The summed E-state index contributed by atoms with van der Waals surface area (Å²) in [4.78, 5) is 20.0. The third-order valence-electron chi connectivity index (χ3n) is 3.31. The van der Waals surface area contributed by atoms with Crippen LogP contribution in [-0.2, 0) is 0 Å². The Balaban J connectivity index is 1.93. The maximum absolute atomic E-state index is 12.1. The number of carbonyl (C=O) groups excluding carboxylic acids is 1. The van der Waals surface area contributed by atoms with E-state index in [0.29, 0.717) is 5.25 Å². The van der Waals surface area contributed by atoms with E-state index in [0.717, 1.165) is 18.6 Å². The minimum absolute atomic E-state index is 0.190. The zero-order chi connectivity index (χ0) is 13.7. The van der Waals surface area contributed by atoms with Gasteiger partial charge < -0.3 is 11.1 Å². The Kier molecular flexibility index (Phi) is 5.01. The van der Waals surface area contributed by atoms with Gasteiger partial charge in [0.2, 0.25) is 0 Å². The van der Waals surface area contributed by atoms with E-state index in [1.54, 1.807) is 0 Å². The van der Waals surface area contributed by atoms with E-state index in [1.807, 2.05) is 11.8 Å². The molecule has 1 aromatic heterocycles. The number of hydrogen-bond acceptors (Lipinski definition) is 5. The molecule has 1 aromatic rings. The van der Waals surface area contributed by atoms with Crippen molar-refractivity contribution in [1.29, 1.82) is 0 Å². The molecule has 2 atom stereocenters. The molecular formula is C13H20N4OS. The van der Waals surface area contributed by atoms with Crippen LogP contribution in [0.2, 0.25) is 0 Å².